The van der Waals surface area contributed by atoms with Crippen molar-refractivity contribution in [1.29, 1.82) is 0 Å². The lowest BCUT2D eigenvalue weighted by Gasteiger charge is -2.34. The molecule has 0 bridgehead atoms. The van der Waals surface area contributed by atoms with Gasteiger partial charge in [0.15, 0.2) is 0 Å². The summed E-state index contributed by atoms with van der Waals surface area (Å²) in [5, 5.41) is 11.7. The van der Waals surface area contributed by atoms with Crippen molar-refractivity contribution in [2.45, 2.75) is 51.0 Å². The van der Waals surface area contributed by atoms with Crippen LogP contribution in [0.4, 0.5) is 0 Å². The number of benzene rings is 3. The van der Waals surface area contributed by atoms with E-state index < -0.39 is 27.6 Å². The minimum absolute atomic E-state index is 0.192. The molecule has 37 heavy (non-hydrogen) atoms. The summed E-state index contributed by atoms with van der Waals surface area (Å²) in [6, 6.07) is 22.1. The van der Waals surface area contributed by atoms with Crippen LogP contribution < -0.4 is 4.72 Å². The van der Waals surface area contributed by atoms with E-state index in [1.54, 1.807) is 18.3 Å². The van der Waals surface area contributed by atoms with Gasteiger partial charge in [-0.3, -0.25) is 4.79 Å². The van der Waals surface area contributed by atoms with E-state index in [-0.39, 0.29) is 6.42 Å². The lowest BCUT2D eigenvalue weighted by atomic mass is 9.89. The number of ether oxygens (including phenoxy) is 1. The molecule has 4 aromatic rings. The van der Waals surface area contributed by atoms with Gasteiger partial charge in [0.05, 0.1) is 18.6 Å². The second-order valence-corrected chi connectivity index (χ2v) is 13.2. The standard InChI is InChI=1S/C30H31NO4S2/c1-29(2,3)37(34)31-30(4,19-28(32)33)23-13-15-27-25(18-23)24-17-21(12-14-26(24)36-27)11-8-16-35-20-22-9-6-5-7-10-22/h5-7,9-10,12-15,17-18,31H,16,19-20H2,1-4H3,(H,32,33)/t30-,37?/m0/s1. The number of aliphatic carboxylic acids is 1. The number of hydrogen-bond donors (Lipinski definition) is 2. The topological polar surface area (TPSA) is 81.6 Å². The van der Waals surface area contributed by atoms with Gasteiger partial charge in [0.1, 0.15) is 11.4 Å². The summed E-state index contributed by atoms with van der Waals surface area (Å²) in [4.78, 5) is 11.8. The Bertz CT molecular complexity index is 1460. The molecule has 0 saturated heterocycles. The molecule has 0 radical (unpaired) electrons. The Morgan fingerprint density at radius 3 is 2.38 bits per heavy atom. The van der Waals surface area contributed by atoms with Crippen LogP contribution in [0.2, 0.25) is 0 Å². The molecule has 0 spiro atoms. The Balaban J connectivity index is 1.61. The maximum absolute atomic E-state index is 12.9. The summed E-state index contributed by atoms with van der Waals surface area (Å²) >= 11 is 0.244. The molecule has 5 nitrogen and oxygen atoms in total. The van der Waals surface area contributed by atoms with Crippen molar-refractivity contribution in [2.75, 3.05) is 6.61 Å². The number of hydrogen-bond acceptors (Lipinski definition) is 5. The van der Waals surface area contributed by atoms with Crippen molar-refractivity contribution in [3.63, 3.8) is 0 Å². The molecule has 0 aliphatic rings. The molecule has 0 amide bonds. The van der Waals surface area contributed by atoms with E-state index in [2.05, 4.69) is 28.7 Å². The van der Waals surface area contributed by atoms with Crippen molar-refractivity contribution in [3.8, 4) is 11.8 Å². The number of fused-ring (bicyclic) bond motifs is 3. The van der Waals surface area contributed by atoms with Crippen LogP contribution in [0.1, 0.15) is 50.8 Å². The summed E-state index contributed by atoms with van der Waals surface area (Å²) in [7, 11) is 0. The Morgan fingerprint density at radius 1 is 1.03 bits per heavy atom. The minimum Gasteiger partial charge on any atom is -0.598 e. The normalized spacial score (nSPS) is 14.2. The molecular weight excluding hydrogens is 502 g/mol. The van der Waals surface area contributed by atoms with E-state index in [1.165, 1.54) is 0 Å². The summed E-state index contributed by atoms with van der Waals surface area (Å²) in [5.74, 6) is 5.33. The molecule has 0 aliphatic carbocycles. The van der Waals surface area contributed by atoms with Gasteiger partial charge in [-0.25, -0.2) is 0 Å². The summed E-state index contributed by atoms with van der Waals surface area (Å²) < 4.78 is 23.4. The predicted octanol–water partition coefficient (Wildman–Crippen LogP) is 6.36. The quantitative estimate of drug-likeness (QED) is 0.156. The minimum atomic E-state index is -1.44. The van der Waals surface area contributed by atoms with Gasteiger partial charge in [-0.05, 0) is 69.2 Å². The van der Waals surface area contributed by atoms with Crippen molar-refractivity contribution < 1.29 is 19.2 Å². The molecule has 1 aromatic heterocycles. The van der Waals surface area contributed by atoms with Crippen LogP contribution >= 0.6 is 11.3 Å². The maximum atomic E-state index is 12.9. The first-order chi connectivity index (χ1) is 17.5. The number of thiophene rings is 1. The molecule has 1 heterocycles. The third kappa shape index (κ3) is 6.72. The van der Waals surface area contributed by atoms with Crippen molar-refractivity contribution in [1.82, 2.24) is 4.72 Å². The maximum Gasteiger partial charge on any atom is 0.305 e. The molecule has 0 saturated carbocycles. The molecule has 0 fully saturated rings. The monoisotopic (exact) mass is 533 g/mol. The predicted molar refractivity (Wildman–Crippen MR) is 153 cm³/mol. The molecule has 1 unspecified atom stereocenters. The van der Waals surface area contributed by atoms with Crippen molar-refractivity contribution in [3.05, 3.63) is 83.4 Å². The van der Waals surface area contributed by atoms with E-state index in [4.69, 9.17) is 4.74 Å². The van der Waals surface area contributed by atoms with Crippen LogP contribution in [0.25, 0.3) is 20.2 Å². The first-order valence-electron chi connectivity index (χ1n) is 12.0. The Hall–Kier alpha value is -2.86. The van der Waals surface area contributed by atoms with Crippen molar-refractivity contribution in [2.24, 2.45) is 0 Å². The summed E-state index contributed by atoms with van der Waals surface area (Å²) in [6.45, 7) is 8.25. The van der Waals surface area contributed by atoms with Gasteiger partial charge < -0.3 is 14.4 Å². The number of nitrogens with one attached hydrogen (secondary N) is 1. The Morgan fingerprint density at radius 2 is 1.70 bits per heavy atom. The highest BCUT2D eigenvalue weighted by Gasteiger charge is 2.39. The van der Waals surface area contributed by atoms with Gasteiger partial charge in [-0.15, -0.1) is 16.1 Å². The third-order valence-corrected chi connectivity index (χ3v) is 8.90. The molecule has 4 rings (SSSR count). The van der Waals surface area contributed by atoms with Gasteiger partial charge in [0.25, 0.3) is 0 Å². The van der Waals surface area contributed by atoms with Gasteiger partial charge in [0.2, 0.25) is 0 Å². The highest BCUT2D eigenvalue weighted by molar-refractivity contribution is 7.90. The van der Waals surface area contributed by atoms with Gasteiger partial charge in [-0.2, -0.15) is 0 Å². The van der Waals surface area contributed by atoms with Crippen LogP contribution in [-0.2, 0) is 33.0 Å². The third-order valence-electron chi connectivity index (χ3n) is 6.00. The second-order valence-electron chi connectivity index (χ2n) is 10.2. The molecule has 192 valence electrons. The number of rotatable bonds is 8. The fourth-order valence-corrected chi connectivity index (χ4v) is 5.96. The van der Waals surface area contributed by atoms with Crippen LogP contribution in [0.3, 0.4) is 0 Å². The first kappa shape index (κ1) is 27.2. The fourth-order valence-electron chi connectivity index (χ4n) is 3.99. The number of carbonyl (C=O) groups is 1. The van der Waals surface area contributed by atoms with E-state index in [9.17, 15) is 14.5 Å². The van der Waals surface area contributed by atoms with Crippen LogP contribution in [-0.4, -0.2) is 27.0 Å². The van der Waals surface area contributed by atoms with E-state index in [0.717, 1.165) is 36.9 Å². The zero-order chi connectivity index (χ0) is 26.6. The van der Waals surface area contributed by atoms with E-state index >= 15 is 0 Å². The molecule has 3 aromatic carbocycles. The largest absolute Gasteiger partial charge is 0.598 e. The fraction of sp³-hybridized carbons (Fsp3) is 0.300. The summed E-state index contributed by atoms with van der Waals surface area (Å²) in [6.07, 6.45) is -0.192. The molecule has 0 aliphatic heterocycles. The summed E-state index contributed by atoms with van der Waals surface area (Å²) in [5.41, 5.74) is 1.79. The van der Waals surface area contributed by atoms with Gasteiger partial charge in [0, 0.05) is 37.1 Å². The molecule has 7 heteroatoms. The van der Waals surface area contributed by atoms with Crippen LogP contribution in [0.5, 0.6) is 0 Å². The van der Waals surface area contributed by atoms with Crippen LogP contribution in [0, 0.1) is 11.8 Å². The zero-order valence-corrected chi connectivity index (χ0v) is 23.1. The number of carboxylic acid groups (broad SMARTS) is 1. The average molecular weight is 534 g/mol. The lowest BCUT2D eigenvalue weighted by molar-refractivity contribution is -0.138. The first-order valence-corrected chi connectivity index (χ1v) is 14.0. The smallest absolute Gasteiger partial charge is 0.305 e. The lowest BCUT2D eigenvalue weighted by Crippen LogP contribution is -2.50. The Kier molecular flexibility index (Phi) is 8.27. The average Bonchev–Trinajstić information content (AvgIpc) is 3.20. The molecular formula is C30H31NO4S2. The number of carboxylic acids is 1. The second kappa shape index (κ2) is 11.3. The van der Waals surface area contributed by atoms with Gasteiger partial charge >= 0.3 is 5.97 Å². The van der Waals surface area contributed by atoms with E-state index in [1.807, 2.05) is 75.4 Å². The zero-order valence-electron chi connectivity index (χ0n) is 21.5. The van der Waals surface area contributed by atoms with Crippen LogP contribution in [0.15, 0.2) is 66.7 Å². The SMILES string of the molecule is CC(C)(C)[S+]([O-])N[C@@](C)(CC(=O)O)c1ccc2sc3ccc(C#CCOCc4ccccc4)cc3c2c1. The molecule has 2 N–H and O–H groups in total. The molecule has 2 atom stereocenters. The highest BCUT2D eigenvalue weighted by Crippen LogP contribution is 2.38. The van der Waals surface area contributed by atoms with E-state index in [0.29, 0.717) is 13.2 Å². The van der Waals surface area contributed by atoms with Crippen molar-refractivity contribution >= 4 is 48.8 Å². The van der Waals surface area contributed by atoms with Gasteiger partial charge in [-0.1, -0.05) is 48.2 Å². The Labute approximate surface area is 225 Å². The highest BCUT2D eigenvalue weighted by atomic mass is 32.2.